The van der Waals surface area contributed by atoms with Gasteiger partial charge < -0.3 is 4.90 Å². The highest BCUT2D eigenvalue weighted by Crippen LogP contribution is 2.48. The van der Waals surface area contributed by atoms with E-state index in [4.69, 9.17) is 0 Å². The molecule has 0 spiro atoms. The van der Waals surface area contributed by atoms with Gasteiger partial charge in [0.25, 0.3) is 0 Å². The number of fused-ring (bicyclic) bond motifs is 1. The monoisotopic (exact) mass is 221 g/mol. The first kappa shape index (κ1) is 10.3. The molecule has 3 rings (SSSR count). The van der Waals surface area contributed by atoms with Crippen molar-refractivity contribution in [2.45, 2.75) is 38.6 Å². The van der Waals surface area contributed by atoms with Crippen LogP contribution in [0.2, 0.25) is 0 Å². The fourth-order valence-corrected chi connectivity index (χ4v) is 4.17. The van der Waals surface area contributed by atoms with E-state index in [1.807, 2.05) is 11.9 Å². The maximum Gasteiger partial charge on any atom is 0.233 e. The second-order valence-corrected chi connectivity index (χ2v) is 5.98. The van der Waals surface area contributed by atoms with Gasteiger partial charge in [-0.15, -0.1) is 0 Å². The van der Waals surface area contributed by atoms with Gasteiger partial charge in [0.2, 0.25) is 5.91 Å². The van der Waals surface area contributed by atoms with E-state index in [-0.39, 0.29) is 17.6 Å². The van der Waals surface area contributed by atoms with E-state index in [2.05, 4.69) is 6.92 Å². The molecule has 2 saturated carbocycles. The number of carbonyl (C=O) groups excluding carboxylic acids is 2. The highest BCUT2D eigenvalue weighted by Gasteiger charge is 2.52. The summed E-state index contributed by atoms with van der Waals surface area (Å²) in [6.45, 7) is 2.25. The molecule has 2 bridgehead atoms. The van der Waals surface area contributed by atoms with E-state index in [0.29, 0.717) is 30.2 Å². The number of piperidine rings is 1. The molecule has 3 fully saturated rings. The van der Waals surface area contributed by atoms with E-state index in [1.165, 1.54) is 6.42 Å². The van der Waals surface area contributed by atoms with Gasteiger partial charge >= 0.3 is 0 Å². The molecule has 3 heteroatoms. The van der Waals surface area contributed by atoms with E-state index < -0.39 is 0 Å². The van der Waals surface area contributed by atoms with Crippen molar-refractivity contribution in [2.75, 3.05) is 7.05 Å². The van der Waals surface area contributed by atoms with Gasteiger partial charge in [0, 0.05) is 19.5 Å². The Morgan fingerprint density at radius 1 is 1.19 bits per heavy atom. The molecule has 1 saturated heterocycles. The molecule has 0 aromatic carbocycles. The van der Waals surface area contributed by atoms with Crippen LogP contribution in [-0.2, 0) is 9.59 Å². The van der Waals surface area contributed by atoms with Gasteiger partial charge in [0.05, 0.1) is 5.92 Å². The molecule has 16 heavy (non-hydrogen) atoms. The molecular weight excluding hydrogens is 202 g/mol. The average molecular weight is 221 g/mol. The van der Waals surface area contributed by atoms with Crippen LogP contribution in [0.15, 0.2) is 0 Å². The summed E-state index contributed by atoms with van der Waals surface area (Å²) in [5.74, 6) is 1.79. The molecule has 0 radical (unpaired) electrons. The summed E-state index contributed by atoms with van der Waals surface area (Å²) >= 11 is 0. The second kappa shape index (κ2) is 3.31. The summed E-state index contributed by atoms with van der Waals surface area (Å²) in [5.41, 5.74) is 0. The fourth-order valence-electron chi connectivity index (χ4n) is 4.17. The lowest BCUT2D eigenvalue weighted by molar-refractivity contribution is -0.158. The van der Waals surface area contributed by atoms with Crippen LogP contribution < -0.4 is 0 Å². The Balaban J connectivity index is 1.97. The van der Waals surface area contributed by atoms with Gasteiger partial charge in [0.1, 0.15) is 5.78 Å². The number of hydrogen-bond donors (Lipinski definition) is 0. The molecule has 3 aliphatic rings. The van der Waals surface area contributed by atoms with E-state index in [1.54, 1.807) is 0 Å². The first-order valence-corrected chi connectivity index (χ1v) is 6.37. The molecule has 0 N–H and O–H groups in total. The minimum Gasteiger partial charge on any atom is -0.342 e. The van der Waals surface area contributed by atoms with Crippen LogP contribution in [0.25, 0.3) is 0 Å². The van der Waals surface area contributed by atoms with Gasteiger partial charge in [-0.25, -0.2) is 0 Å². The van der Waals surface area contributed by atoms with Gasteiger partial charge in [0.15, 0.2) is 0 Å². The molecule has 1 aliphatic heterocycles. The van der Waals surface area contributed by atoms with E-state index in [9.17, 15) is 9.59 Å². The molecule has 3 nitrogen and oxygen atoms in total. The normalized spacial score (nSPS) is 47.1. The number of amides is 1. The highest BCUT2D eigenvalue weighted by atomic mass is 16.2. The topological polar surface area (TPSA) is 37.4 Å². The van der Waals surface area contributed by atoms with E-state index in [0.717, 1.165) is 12.8 Å². The summed E-state index contributed by atoms with van der Waals surface area (Å²) in [6.07, 6.45) is 3.81. The third-order valence-corrected chi connectivity index (χ3v) is 4.95. The summed E-state index contributed by atoms with van der Waals surface area (Å²) in [5, 5.41) is 0. The molecule has 88 valence electrons. The molecule has 1 heterocycles. The van der Waals surface area contributed by atoms with Crippen LogP contribution in [0, 0.1) is 23.7 Å². The largest absolute Gasteiger partial charge is 0.342 e. The first-order chi connectivity index (χ1) is 7.58. The lowest BCUT2D eigenvalue weighted by Crippen LogP contribution is -2.59. The molecule has 0 aromatic rings. The average Bonchev–Trinajstić information content (AvgIpc) is 2.24. The lowest BCUT2D eigenvalue weighted by Gasteiger charge is -2.52. The van der Waals surface area contributed by atoms with Crippen molar-refractivity contribution in [3.05, 3.63) is 0 Å². The summed E-state index contributed by atoms with van der Waals surface area (Å²) in [6, 6.07) is 0.408. The van der Waals surface area contributed by atoms with Crippen LogP contribution in [0.1, 0.15) is 32.6 Å². The Hall–Kier alpha value is -0.860. The van der Waals surface area contributed by atoms with Gasteiger partial charge in [-0.05, 0) is 37.0 Å². The van der Waals surface area contributed by atoms with Crippen molar-refractivity contribution in [2.24, 2.45) is 23.7 Å². The van der Waals surface area contributed by atoms with Crippen molar-refractivity contribution in [1.82, 2.24) is 4.90 Å². The van der Waals surface area contributed by atoms with Crippen LogP contribution in [0.3, 0.4) is 0 Å². The zero-order valence-corrected chi connectivity index (χ0v) is 9.98. The molecule has 2 aliphatic carbocycles. The minimum atomic E-state index is -0.295. The Labute approximate surface area is 96.2 Å². The summed E-state index contributed by atoms with van der Waals surface area (Å²) in [7, 11) is 1.89. The zero-order valence-electron chi connectivity index (χ0n) is 9.98. The number of rotatable bonds is 0. The fraction of sp³-hybridized carbons (Fsp3) is 0.846. The third kappa shape index (κ3) is 1.26. The Morgan fingerprint density at radius 3 is 2.69 bits per heavy atom. The van der Waals surface area contributed by atoms with Crippen molar-refractivity contribution in [3.8, 4) is 0 Å². The number of nitrogens with zero attached hydrogens (tertiary/aromatic N) is 1. The van der Waals surface area contributed by atoms with Crippen molar-refractivity contribution in [3.63, 3.8) is 0 Å². The van der Waals surface area contributed by atoms with Crippen LogP contribution in [-0.4, -0.2) is 29.7 Å². The molecule has 0 aromatic heterocycles. The van der Waals surface area contributed by atoms with Gasteiger partial charge in [-0.1, -0.05) is 6.92 Å². The SMILES string of the molecule is CC1CC2CC(=O)C3CC2C(C1)N(C)C3=O. The van der Waals surface area contributed by atoms with Crippen molar-refractivity contribution in [1.29, 1.82) is 0 Å². The Bertz CT molecular complexity index is 352. The summed E-state index contributed by atoms with van der Waals surface area (Å²) in [4.78, 5) is 25.9. The van der Waals surface area contributed by atoms with Crippen LogP contribution in [0.5, 0.6) is 0 Å². The molecule has 1 amide bonds. The maximum atomic E-state index is 12.1. The molecule has 5 unspecified atom stereocenters. The number of ketones is 1. The quantitative estimate of drug-likeness (QED) is 0.581. The predicted molar refractivity (Wildman–Crippen MR) is 59.7 cm³/mol. The summed E-state index contributed by atoms with van der Waals surface area (Å²) < 4.78 is 0. The van der Waals surface area contributed by atoms with Crippen molar-refractivity contribution < 1.29 is 9.59 Å². The lowest BCUT2D eigenvalue weighted by atomic mass is 9.60. The number of carbonyl (C=O) groups is 2. The standard InChI is InChI=1S/C13H19NO2/c1-7-3-8-5-12(15)10-6-9(8)11(4-7)14(2)13(10)16/h7-11H,3-6H2,1-2H3. The highest BCUT2D eigenvalue weighted by molar-refractivity contribution is 6.02. The smallest absolute Gasteiger partial charge is 0.233 e. The number of Topliss-reactive ketones (excluding diaryl/α,β-unsaturated/α-hetero) is 1. The van der Waals surface area contributed by atoms with Crippen molar-refractivity contribution >= 4 is 11.7 Å². The molecule has 5 atom stereocenters. The second-order valence-electron chi connectivity index (χ2n) is 5.98. The maximum absolute atomic E-state index is 12.1. The Morgan fingerprint density at radius 2 is 1.94 bits per heavy atom. The molecular formula is C13H19NO2. The number of hydrogen-bond acceptors (Lipinski definition) is 2. The van der Waals surface area contributed by atoms with E-state index >= 15 is 0 Å². The third-order valence-electron chi connectivity index (χ3n) is 4.95. The minimum absolute atomic E-state index is 0.0822. The Kier molecular flexibility index (Phi) is 2.13. The van der Waals surface area contributed by atoms with Crippen LogP contribution >= 0.6 is 0 Å². The predicted octanol–water partition coefficient (Wildman–Crippen LogP) is 1.47. The van der Waals surface area contributed by atoms with Gasteiger partial charge in [-0.3, -0.25) is 9.59 Å². The zero-order chi connectivity index (χ0) is 11.4. The first-order valence-electron chi connectivity index (χ1n) is 6.37. The van der Waals surface area contributed by atoms with Gasteiger partial charge in [-0.2, -0.15) is 0 Å². The number of likely N-dealkylation sites (tertiary alicyclic amines) is 1. The van der Waals surface area contributed by atoms with Crippen LogP contribution in [0.4, 0.5) is 0 Å².